The normalized spacial score (nSPS) is 18.9. The van der Waals surface area contributed by atoms with Crippen molar-refractivity contribution in [1.29, 1.82) is 0 Å². The van der Waals surface area contributed by atoms with Crippen LogP contribution in [0.15, 0.2) is 22.8 Å². The second kappa shape index (κ2) is 5.83. The third kappa shape index (κ3) is 3.31. The van der Waals surface area contributed by atoms with Crippen LogP contribution in [0.2, 0.25) is 0 Å². The van der Waals surface area contributed by atoms with Crippen LogP contribution < -0.4 is 11.1 Å². The Kier molecular flexibility index (Phi) is 4.16. The summed E-state index contributed by atoms with van der Waals surface area (Å²) in [5.41, 5.74) is 5.30. The minimum absolute atomic E-state index is 0.200. The van der Waals surface area contributed by atoms with E-state index < -0.39 is 5.91 Å². The topological polar surface area (TPSA) is 88.6 Å². The molecule has 2 heterocycles. The van der Waals surface area contributed by atoms with Gasteiger partial charge in [0.1, 0.15) is 0 Å². The Balaban J connectivity index is 1.92. The van der Waals surface area contributed by atoms with Gasteiger partial charge in [0.05, 0.1) is 12.2 Å². The molecular weight excluding hydrogens is 266 g/mol. The molecule has 0 aromatic carbocycles. The maximum atomic E-state index is 11.8. The largest absolute Gasteiger partial charge is 0.459 e. The highest BCUT2D eigenvalue weighted by Gasteiger charge is 2.26. The quantitative estimate of drug-likeness (QED) is 0.770. The molecule has 2 rings (SSSR count). The summed E-state index contributed by atoms with van der Waals surface area (Å²) in [6.07, 6.45) is 3.01. The molecule has 0 radical (unpaired) electrons. The van der Waals surface area contributed by atoms with Crippen LogP contribution in [0.4, 0.5) is 0 Å². The number of hydrogen-bond acceptors (Lipinski definition) is 4. The van der Waals surface area contributed by atoms with Crippen molar-refractivity contribution in [2.24, 2.45) is 11.7 Å². The summed E-state index contributed by atoms with van der Waals surface area (Å²) in [4.78, 5) is 24.7. The predicted molar refractivity (Wildman–Crippen MR) is 72.3 cm³/mol. The fraction of sp³-hybridized carbons (Fsp3) is 0.417. The highest BCUT2D eigenvalue weighted by Crippen LogP contribution is 2.16. The van der Waals surface area contributed by atoms with Crippen molar-refractivity contribution in [2.75, 3.05) is 13.1 Å². The van der Waals surface area contributed by atoms with E-state index in [4.69, 9.17) is 22.4 Å². The summed E-state index contributed by atoms with van der Waals surface area (Å²) in [7, 11) is 0. The molecule has 1 aliphatic rings. The summed E-state index contributed by atoms with van der Waals surface area (Å²) in [5, 5.41) is 2.88. The average molecular weight is 281 g/mol. The summed E-state index contributed by atoms with van der Waals surface area (Å²) >= 11 is 5.16. The summed E-state index contributed by atoms with van der Waals surface area (Å²) in [6.45, 7) is 1.16. The maximum absolute atomic E-state index is 11.8. The fourth-order valence-corrected chi connectivity index (χ4v) is 2.30. The van der Waals surface area contributed by atoms with Crippen LogP contribution in [0.1, 0.15) is 23.4 Å². The first-order valence-corrected chi connectivity index (χ1v) is 6.42. The lowest BCUT2D eigenvalue weighted by Crippen LogP contribution is -2.49. The van der Waals surface area contributed by atoms with Gasteiger partial charge < -0.3 is 15.1 Å². The lowest BCUT2D eigenvalue weighted by molar-refractivity contribution is -0.122. The number of hydrogen-bond donors (Lipinski definition) is 2. The van der Waals surface area contributed by atoms with E-state index in [-0.39, 0.29) is 17.6 Å². The molecule has 2 amide bonds. The lowest BCUT2D eigenvalue weighted by atomic mass is 9.98. The molecule has 7 heteroatoms. The molecule has 3 N–H and O–H groups in total. The van der Waals surface area contributed by atoms with Gasteiger partial charge in [0.15, 0.2) is 10.9 Å². The van der Waals surface area contributed by atoms with Gasteiger partial charge in [-0.3, -0.25) is 14.9 Å². The summed E-state index contributed by atoms with van der Waals surface area (Å²) in [6, 6.07) is 3.18. The van der Waals surface area contributed by atoms with Crippen LogP contribution in [0.3, 0.4) is 0 Å². The van der Waals surface area contributed by atoms with Gasteiger partial charge in [0.2, 0.25) is 5.91 Å². The molecule has 1 atom stereocenters. The smallest absolute Gasteiger partial charge is 0.293 e. The first kappa shape index (κ1) is 13.5. The third-order valence-electron chi connectivity index (χ3n) is 3.08. The first-order chi connectivity index (χ1) is 9.08. The maximum Gasteiger partial charge on any atom is 0.293 e. The predicted octanol–water partition coefficient (Wildman–Crippen LogP) is 0.492. The molecule has 6 nitrogen and oxygen atoms in total. The van der Waals surface area contributed by atoms with Gasteiger partial charge in [0, 0.05) is 13.1 Å². The van der Waals surface area contributed by atoms with E-state index in [1.807, 2.05) is 0 Å². The number of amides is 2. The van der Waals surface area contributed by atoms with E-state index in [0.29, 0.717) is 18.2 Å². The second-order valence-electron chi connectivity index (χ2n) is 4.42. The van der Waals surface area contributed by atoms with Crippen molar-refractivity contribution < 1.29 is 14.0 Å². The number of thiocarbonyl (C=S) groups is 1. The molecule has 0 saturated carbocycles. The van der Waals surface area contributed by atoms with Crippen LogP contribution in [0, 0.1) is 5.92 Å². The zero-order valence-electron chi connectivity index (χ0n) is 10.3. The van der Waals surface area contributed by atoms with E-state index >= 15 is 0 Å². The van der Waals surface area contributed by atoms with E-state index in [0.717, 1.165) is 12.8 Å². The van der Waals surface area contributed by atoms with E-state index in [1.54, 1.807) is 17.0 Å². The highest BCUT2D eigenvalue weighted by atomic mass is 32.1. The van der Waals surface area contributed by atoms with Gasteiger partial charge in [-0.1, -0.05) is 0 Å². The van der Waals surface area contributed by atoms with Crippen LogP contribution >= 0.6 is 12.2 Å². The SMILES string of the molecule is NC(=O)C1CCCN(C(=S)NC(=O)c2ccco2)C1. The van der Waals surface area contributed by atoms with Crippen molar-refractivity contribution in [2.45, 2.75) is 12.8 Å². The molecule has 1 saturated heterocycles. The van der Waals surface area contributed by atoms with Gasteiger partial charge in [0.25, 0.3) is 5.91 Å². The van der Waals surface area contributed by atoms with Gasteiger partial charge in [-0.25, -0.2) is 0 Å². The standard InChI is InChI=1S/C12H15N3O3S/c13-10(16)8-3-1-5-15(7-8)12(19)14-11(17)9-4-2-6-18-9/h2,4,6,8H,1,3,5,7H2,(H2,13,16)(H,14,17,19). The molecule has 1 aliphatic heterocycles. The monoisotopic (exact) mass is 281 g/mol. The molecule has 1 aromatic heterocycles. The van der Waals surface area contributed by atoms with Crippen molar-refractivity contribution >= 4 is 29.1 Å². The first-order valence-electron chi connectivity index (χ1n) is 6.01. The Morgan fingerprint density at radius 3 is 2.95 bits per heavy atom. The molecule has 0 aliphatic carbocycles. The number of likely N-dealkylation sites (tertiary alicyclic amines) is 1. The van der Waals surface area contributed by atoms with Crippen molar-refractivity contribution in [3.8, 4) is 0 Å². The third-order valence-corrected chi connectivity index (χ3v) is 3.44. The molecular formula is C12H15N3O3S. The number of carbonyl (C=O) groups is 2. The number of primary amides is 1. The molecule has 1 aromatic rings. The van der Waals surface area contributed by atoms with Gasteiger partial charge in [-0.15, -0.1) is 0 Å². The summed E-state index contributed by atoms with van der Waals surface area (Å²) < 4.78 is 4.98. The van der Waals surface area contributed by atoms with Crippen LogP contribution in [0.25, 0.3) is 0 Å². The van der Waals surface area contributed by atoms with Gasteiger partial charge in [-0.05, 0) is 37.2 Å². The molecule has 19 heavy (non-hydrogen) atoms. The Morgan fingerprint density at radius 2 is 2.32 bits per heavy atom. The van der Waals surface area contributed by atoms with Gasteiger partial charge in [-0.2, -0.15) is 0 Å². The van der Waals surface area contributed by atoms with Crippen molar-refractivity contribution in [3.05, 3.63) is 24.2 Å². The zero-order valence-corrected chi connectivity index (χ0v) is 11.1. The molecule has 0 bridgehead atoms. The van der Waals surface area contributed by atoms with Crippen molar-refractivity contribution in [1.82, 2.24) is 10.2 Å². The fourth-order valence-electron chi connectivity index (χ4n) is 2.04. The molecule has 1 unspecified atom stereocenters. The van der Waals surface area contributed by atoms with E-state index in [2.05, 4.69) is 5.32 Å². The Hall–Kier alpha value is -1.89. The average Bonchev–Trinajstić information content (AvgIpc) is 2.92. The van der Waals surface area contributed by atoms with Gasteiger partial charge >= 0.3 is 0 Å². The number of nitrogens with two attached hydrogens (primary N) is 1. The van der Waals surface area contributed by atoms with Crippen LogP contribution in [-0.4, -0.2) is 34.9 Å². The van der Waals surface area contributed by atoms with Crippen LogP contribution in [-0.2, 0) is 4.79 Å². The number of carbonyl (C=O) groups excluding carboxylic acids is 2. The Bertz CT molecular complexity index is 486. The number of piperidine rings is 1. The van der Waals surface area contributed by atoms with Crippen LogP contribution in [0.5, 0.6) is 0 Å². The highest BCUT2D eigenvalue weighted by molar-refractivity contribution is 7.80. The minimum atomic E-state index is -0.392. The van der Waals surface area contributed by atoms with Crippen molar-refractivity contribution in [3.63, 3.8) is 0 Å². The minimum Gasteiger partial charge on any atom is -0.459 e. The van der Waals surface area contributed by atoms with E-state index in [1.165, 1.54) is 6.26 Å². The number of furan rings is 1. The lowest BCUT2D eigenvalue weighted by Gasteiger charge is -2.32. The zero-order chi connectivity index (χ0) is 13.8. The second-order valence-corrected chi connectivity index (χ2v) is 4.81. The number of nitrogens with zero attached hydrogens (tertiary/aromatic N) is 1. The number of nitrogens with one attached hydrogen (secondary N) is 1. The van der Waals surface area contributed by atoms with E-state index in [9.17, 15) is 9.59 Å². The Labute approximate surface area is 115 Å². The molecule has 1 fully saturated rings. The molecule has 0 spiro atoms. The summed E-state index contributed by atoms with van der Waals surface area (Å²) in [5.74, 6) is -0.737. The molecule has 102 valence electrons. The number of rotatable bonds is 2. The Morgan fingerprint density at radius 1 is 1.53 bits per heavy atom.